The van der Waals surface area contributed by atoms with Crippen molar-refractivity contribution >= 4 is 50.1 Å². The highest BCUT2D eigenvalue weighted by Crippen LogP contribution is 2.25. The Bertz CT molecular complexity index is 762. The third-order valence-electron chi connectivity index (χ3n) is 2.96. The number of thiophene rings is 1. The summed E-state index contributed by atoms with van der Waals surface area (Å²) in [5.74, 6) is -0.203. The number of amides is 1. The topological polar surface area (TPSA) is 66.4 Å². The number of nitrogens with one attached hydrogen (secondary N) is 2. The van der Waals surface area contributed by atoms with E-state index in [1.54, 1.807) is 24.5 Å². The normalized spacial score (nSPS) is 12.6. The van der Waals surface area contributed by atoms with Gasteiger partial charge in [-0.3, -0.25) is 4.79 Å². The molecule has 2 aromatic heterocycles. The average molecular weight is 330 g/mol. The van der Waals surface area contributed by atoms with Crippen LogP contribution in [0.3, 0.4) is 0 Å². The molecular formula is C15H14N4OS2. The number of aromatic nitrogens is 1. The highest BCUT2D eigenvalue weighted by atomic mass is 32.1. The van der Waals surface area contributed by atoms with Gasteiger partial charge >= 0.3 is 0 Å². The second-order valence-electron chi connectivity index (χ2n) is 4.64. The lowest BCUT2D eigenvalue weighted by Gasteiger charge is -2.10. The molecule has 0 aliphatic heterocycles. The molecular weight excluding hydrogens is 316 g/mol. The Balaban J connectivity index is 1.58. The predicted octanol–water partition coefficient (Wildman–Crippen LogP) is 3.31. The van der Waals surface area contributed by atoms with Gasteiger partial charge in [0, 0.05) is 5.56 Å². The van der Waals surface area contributed by atoms with Crippen molar-refractivity contribution in [3.05, 3.63) is 46.7 Å². The molecule has 0 aliphatic carbocycles. The number of anilines is 1. The molecule has 0 spiro atoms. The largest absolute Gasteiger partial charge is 0.350 e. The SMILES string of the molecule is C[C@H](Nc1nc2ccccc2s1)C(=O)N/N=C\c1ccsc1. The van der Waals surface area contributed by atoms with E-state index in [0.717, 1.165) is 20.9 Å². The number of nitrogens with zero attached hydrogens (tertiary/aromatic N) is 2. The minimum absolute atomic E-state index is 0.203. The van der Waals surface area contributed by atoms with Crippen LogP contribution in [0.15, 0.2) is 46.2 Å². The molecule has 0 unspecified atom stereocenters. The lowest BCUT2D eigenvalue weighted by atomic mass is 10.3. The average Bonchev–Trinajstić information content (AvgIpc) is 3.15. The van der Waals surface area contributed by atoms with Crippen molar-refractivity contribution in [2.24, 2.45) is 5.10 Å². The summed E-state index contributed by atoms with van der Waals surface area (Å²) in [6.45, 7) is 1.78. The summed E-state index contributed by atoms with van der Waals surface area (Å²) in [5.41, 5.74) is 4.42. The number of rotatable bonds is 5. The van der Waals surface area contributed by atoms with Crippen molar-refractivity contribution < 1.29 is 4.79 Å². The molecule has 112 valence electrons. The van der Waals surface area contributed by atoms with E-state index < -0.39 is 6.04 Å². The monoisotopic (exact) mass is 330 g/mol. The molecule has 0 bridgehead atoms. The number of benzene rings is 1. The molecule has 0 radical (unpaired) electrons. The predicted molar refractivity (Wildman–Crippen MR) is 92.8 cm³/mol. The summed E-state index contributed by atoms with van der Waals surface area (Å²) < 4.78 is 1.09. The van der Waals surface area contributed by atoms with E-state index in [4.69, 9.17) is 0 Å². The van der Waals surface area contributed by atoms with Crippen LogP contribution in [0.5, 0.6) is 0 Å². The Labute approximate surface area is 135 Å². The Hall–Kier alpha value is -2.25. The maximum atomic E-state index is 12.0. The van der Waals surface area contributed by atoms with Gasteiger partial charge in [0.05, 0.1) is 16.4 Å². The molecule has 22 heavy (non-hydrogen) atoms. The number of carbonyl (C=O) groups excluding carboxylic acids is 1. The van der Waals surface area contributed by atoms with E-state index >= 15 is 0 Å². The highest BCUT2D eigenvalue weighted by molar-refractivity contribution is 7.22. The van der Waals surface area contributed by atoms with E-state index in [1.807, 2.05) is 41.1 Å². The maximum absolute atomic E-state index is 12.0. The minimum Gasteiger partial charge on any atom is -0.350 e. The van der Waals surface area contributed by atoms with Gasteiger partial charge in [-0.2, -0.15) is 16.4 Å². The molecule has 5 nitrogen and oxygen atoms in total. The second-order valence-corrected chi connectivity index (χ2v) is 6.45. The summed E-state index contributed by atoms with van der Waals surface area (Å²) in [6.07, 6.45) is 1.62. The number of para-hydroxylation sites is 1. The van der Waals surface area contributed by atoms with Crippen molar-refractivity contribution in [2.45, 2.75) is 13.0 Å². The molecule has 0 saturated heterocycles. The first-order valence-electron chi connectivity index (χ1n) is 6.69. The van der Waals surface area contributed by atoms with E-state index in [-0.39, 0.29) is 5.91 Å². The summed E-state index contributed by atoms with van der Waals surface area (Å²) in [7, 11) is 0. The Morgan fingerprint density at radius 1 is 1.36 bits per heavy atom. The van der Waals surface area contributed by atoms with Gasteiger partial charge in [0.2, 0.25) is 0 Å². The van der Waals surface area contributed by atoms with Crippen LogP contribution in [-0.2, 0) is 4.79 Å². The van der Waals surface area contributed by atoms with Gasteiger partial charge in [-0.25, -0.2) is 10.4 Å². The summed E-state index contributed by atoms with van der Waals surface area (Å²) >= 11 is 3.11. The Morgan fingerprint density at radius 3 is 3.00 bits per heavy atom. The van der Waals surface area contributed by atoms with E-state index in [2.05, 4.69) is 20.8 Å². The molecule has 2 N–H and O–H groups in total. The Kier molecular flexibility index (Phi) is 4.45. The van der Waals surface area contributed by atoms with Crippen LogP contribution in [0.1, 0.15) is 12.5 Å². The van der Waals surface area contributed by atoms with Gasteiger partial charge < -0.3 is 5.32 Å². The lowest BCUT2D eigenvalue weighted by Crippen LogP contribution is -2.34. The summed E-state index contributed by atoms with van der Waals surface area (Å²) in [4.78, 5) is 16.4. The number of hydrazone groups is 1. The van der Waals surface area contributed by atoms with E-state index in [9.17, 15) is 4.79 Å². The molecule has 1 aromatic carbocycles. The molecule has 0 fully saturated rings. The zero-order valence-electron chi connectivity index (χ0n) is 11.8. The zero-order chi connectivity index (χ0) is 15.4. The van der Waals surface area contributed by atoms with Crippen LogP contribution in [-0.4, -0.2) is 23.1 Å². The first-order valence-corrected chi connectivity index (χ1v) is 8.45. The molecule has 3 aromatic rings. The standard InChI is InChI=1S/C15H14N4OS2/c1-10(14(20)19-16-8-11-6-7-21-9-11)17-15-18-12-4-2-3-5-13(12)22-15/h2-10H,1H3,(H,17,18)(H,19,20)/b16-8-/t10-/m0/s1. The van der Waals surface area contributed by atoms with Gasteiger partial charge in [0.25, 0.3) is 5.91 Å². The molecule has 1 atom stereocenters. The van der Waals surface area contributed by atoms with E-state index in [1.165, 1.54) is 11.3 Å². The molecule has 3 rings (SSSR count). The minimum atomic E-state index is -0.416. The molecule has 2 heterocycles. The summed E-state index contributed by atoms with van der Waals surface area (Å²) in [6, 6.07) is 9.39. The third kappa shape index (κ3) is 3.49. The van der Waals surface area contributed by atoms with Crippen LogP contribution in [0, 0.1) is 0 Å². The van der Waals surface area contributed by atoms with E-state index in [0.29, 0.717) is 0 Å². The first kappa shape index (κ1) is 14.7. The first-order chi connectivity index (χ1) is 10.7. The fourth-order valence-electron chi connectivity index (χ4n) is 1.80. The van der Waals surface area contributed by atoms with Crippen molar-refractivity contribution in [2.75, 3.05) is 5.32 Å². The number of fused-ring (bicyclic) bond motifs is 1. The fourth-order valence-corrected chi connectivity index (χ4v) is 3.36. The molecule has 0 aliphatic rings. The zero-order valence-corrected chi connectivity index (χ0v) is 13.4. The third-order valence-corrected chi connectivity index (χ3v) is 4.63. The van der Waals surface area contributed by atoms with Crippen molar-refractivity contribution in [3.63, 3.8) is 0 Å². The van der Waals surface area contributed by atoms with Crippen LogP contribution in [0.4, 0.5) is 5.13 Å². The second kappa shape index (κ2) is 6.67. The lowest BCUT2D eigenvalue weighted by molar-refractivity contribution is -0.121. The van der Waals surface area contributed by atoms with Crippen LogP contribution >= 0.6 is 22.7 Å². The van der Waals surface area contributed by atoms with Crippen molar-refractivity contribution in [3.8, 4) is 0 Å². The molecule has 0 saturated carbocycles. The summed E-state index contributed by atoms with van der Waals surface area (Å²) in [5, 5.41) is 11.7. The van der Waals surface area contributed by atoms with Gasteiger partial charge in [-0.15, -0.1) is 0 Å². The van der Waals surface area contributed by atoms with Crippen LogP contribution < -0.4 is 10.7 Å². The van der Waals surface area contributed by atoms with Gasteiger partial charge in [0.1, 0.15) is 6.04 Å². The number of carbonyl (C=O) groups is 1. The maximum Gasteiger partial charge on any atom is 0.262 e. The quantitative estimate of drug-likeness (QED) is 0.557. The highest BCUT2D eigenvalue weighted by Gasteiger charge is 2.13. The van der Waals surface area contributed by atoms with Crippen LogP contribution in [0.25, 0.3) is 10.2 Å². The number of thiazole rings is 1. The fraction of sp³-hybridized carbons (Fsp3) is 0.133. The molecule has 7 heteroatoms. The van der Waals surface area contributed by atoms with Gasteiger partial charge in [0.15, 0.2) is 5.13 Å². The van der Waals surface area contributed by atoms with Crippen molar-refractivity contribution in [1.82, 2.24) is 10.4 Å². The van der Waals surface area contributed by atoms with Crippen LogP contribution in [0.2, 0.25) is 0 Å². The van der Waals surface area contributed by atoms with Gasteiger partial charge in [-0.1, -0.05) is 23.5 Å². The number of hydrogen-bond acceptors (Lipinski definition) is 6. The van der Waals surface area contributed by atoms with Gasteiger partial charge in [-0.05, 0) is 35.9 Å². The molecule has 1 amide bonds. The smallest absolute Gasteiger partial charge is 0.262 e. The Morgan fingerprint density at radius 2 is 2.23 bits per heavy atom. The number of hydrogen-bond donors (Lipinski definition) is 2. The van der Waals surface area contributed by atoms with Crippen molar-refractivity contribution in [1.29, 1.82) is 0 Å².